The van der Waals surface area contributed by atoms with Crippen molar-refractivity contribution in [3.8, 4) is 5.88 Å². The maximum absolute atomic E-state index is 13.2. The fourth-order valence-corrected chi connectivity index (χ4v) is 3.60. The Hall–Kier alpha value is -2.43. The number of carbonyl (C=O) groups is 1. The van der Waals surface area contributed by atoms with Gasteiger partial charge in [0.2, 0.25) is 5.88 Å². The Bertz CT molecular complexity index is 773. The van der Waals surface area contributed by atoms with Crippen LogP contribution >= 0.6 is 0 Å². The number of aromatic nitrogens is 1. The van der Waals surface area contributed by atoms with Gasteiger partial charge in [0.25, 0.3) is 5.91 Å². The summed E-state index contributed by atoms with van der Waals surface area (Å²) in [7, 11) is 0. The molecule has 144 valence electrons. The van der Waals surface area contributed by atoms with Crippen LogP contribution in [0, 0.1) is 18.7 Å². The number of amides is 1. The van der Waals surface area contributed by atoms with Gasteiger partial charge in [-0.1, -0.05) is 44.2 Å². The summed E-state index contributed by atoms with van der Waals surface area (Å²) < 4.78 is 18.8. The largest absolute Gasteiger partial charge is 0.473 e. The van der Waals surface area contributed by atoms with Crippen LogP contribution < -0.4 is 10.1 Å². The molecule has 4 nitrogen and oxygen atoms in total. The molecule has 1 N–H and O–H groups in total. The molecule has 3 rings (SSSR count). The number of rotatable bonds is 7. The van der Waals surface area contributed by atoms with Gasteiger partial charge in [0.05, 0.1) is 11.3 Å². The number of ether oxygens (including phenoxy) is 1. The van der Waals surface area contributed by atoms with Gasteiger partial charge in [-0.2, -0.15) is 0 Å². The molecule has 1 fully saturated rings. The molecule has 1 aromatic carbocycles. The zero-order valence-corrected chi connectivity index (χ0v) is 15.8. The van der Waals surface area contributed by atoms with E-state index in [0.717, 1.165) is 17.9 Å². The van der Waals surface area contributed by atoms with Crippen molar-refractivity contribution < 1.29 is 13.9 Å². The first-order valence-corrected chi connectivity index (χ1v) is 9.75. The van der Waals surface area contributed by atoms with Crippen molar-refractivity contribution in [3.63, 3.8) is 0 Å². The number of hydrogen-bond acceptors (Lipinski definition) is 3. The number of carbonyl (C=O) groups excluding carboxylic acids is 1. The average molecular weight is 370 g/mol. The van der Waals surface area contributed by atoms with Crippen LogP contribution in [0.15, 0.2) is 36.4 Å². The van der Waals surface area contributed by atoms with E-state index in [9.17, 15) is 9.18 Å². The Morgan fingerprint density at radius 3 is 2.78 bits per heavy atom. The third-order valence-corrected chi connectivity index (χ3v) is 5.14. The summed E-state index contributed by atoms with van der Waals surface area (Å²) in [6.07, 6.45) is 7.60. The van der Waals surface area contributed by atoms with E-state index in [-0.39, 0.29) is 18.3 Å². The number of nitrogens with zero attached hydrogens (tertiary/aromatic N) is 1. The fraction of sp³-hybridized carbons (Fsp3) is 0.455. The number of aryl methyl sites for hydroxylation is 1. The monoisotopic (exact) mass is 370 g/mol. The molecule has 0 radical (unpaired) electrons. The minimum absolute atomic E-state index is 0.0903. The Balaban J connectivity index is 1.50. The lowest BCUT2D eigenvalue weighted by molar-refractivity contribution is 0.0949. The molecule has 0 unspecified atom stereocenters. The van der Waals surface area contributed by atoms with Crippen LogP contribution in [-0.2, 0) is 6.61 Å². The Morgan fingerprint density at radius 1 is 1.22 bits per heavy atom. The van der Waals surface area contributed by atoms with Crippen molar-refractivity contribution in [1.29, 1.82) is 0 Å². The average Bonchev–Trinajstić information content (AvgIpc) is 2.67. The maximum atomic E-state index is 13.2. The first-order valence-electron chi connectivity index (χ1n) is 9.75. The molecule has 0 aliphatic heterocycles. The Morgan fingerprint density at radius 2 is 2.04 bits per heavy atom. The molecule has 0 saturated heterocycles. The molecule has 0 spiro atoms. The van der Waals surface area contributed by atoms with Crippen LogP contribution in [0.3, 0.4) is 0 Å². The second kappa shape index (κ2) is 9.49. The van der Waals surface area contributed by atoms with Crippen molar-refractivity contribution in [3.05, 3.63) is 59.0 Å². The van der Waals surface area contributed by atoms with Gasteiger partial charge >= 0.3 is 0 Å². The number of pyridine rings is 1. The highest BCUT2D eigenvalue weighted by Crippen LogP contribution is 2.25. The molecule has 1 saturated carbocycles. The van der Waals surface area contributed by atoms with Crippen molar-refractivity contribution in [2.45, 2.75) is 52.1 Å². The van der Waals surface area contributed by atoms with Crippen molar-refractivity contribution in [2.75, 3.05) is 6.54 Å². The van der Waals surface area contributed by atoms with Gasteiger partial charge in [-0.3, -0.25) is 4.79 Å². The summed E-state index contributed by atoms with van der Waals surface area (Å²) in [6.45, 7) is 2.74. The van der Waals surface area contributed by atoms with Gasteiger partial charge in [0.1, 0.15) is 12.4 Å². The van der Waals surface area contributed by atoms with Crippen LogP contribution in [0.4, 0.5) is 4.39 Å². The second-order valence-corrected chi connectivity index (χ2v) is 7.25. The zero-order chi connectivity index (χ0) is 19.1. The molecule has 2 aromatic rings. The molecule has 0 atom stereocenters. The summed E-state index contributed by atoms with van der Waals surface area (Å²) in [6, 6.07) is 9.69. The van der Waals surface area contributed by atoms with Gasteiger partial charge < -0.3 is 10.1 Å². The van der Waals surface area contributed by atoms with Crippen molar-refractivity contribution in [2.24, 2.45) is 5.92 Å². The Labute approximate surface area is 160 Å². The number of halogens is 1. The standard InChI is InChI=1S/C22H27FN2O2/c1-16-20(22(26)24-13-12-17-6-3-2-4-7-17)10-11-21(25-16)27-15-18-8-5-9-19(23)14-18/h5,8-11,14,17H,2-4,6-7,12-13,15H2,1H3,(H,24,26). The first kappa shape index (κ1) is 19.3. The van der Waals surface area contributed by atoms with Gasteiger partial charge in [-0.15, -0.1) is 0 Å². The lowest BCUT2D eigenvalue weighted by Gasteiger charge is -2.21. The van der Waals surface area contributed by atoms with E-state index in [1.807, 2.05) is 0 Å². The molecule has 5 heteroatoms. The van der Waals surface area contributed by atoms with Crippen LogP contribution in [0.5, 0.6) is 5.88 Å². The predicted molar refractivity (Wildman–Crippen MR) is 103 cm³/mol. The van der Waals surface area contributed by atoms with Gasteiger partial charge in [-0.25, -0.2) is 9.37 Å². The van der Waals surface area contributed by atoms with Crippen LogP contribution in [0.25, 0.3) is 0 Å². The summed E-state index contributed by atoms with van der Waals surface area (Å²) >= 11 is 0. The number of nitrogens with one attached hydrogen (secondary N) is 1. The van der Waals surface area contributed by atoms with E-state index in [0.29, 0.717) is 23.7 Å². The zero-order valence-electron chi connectivity index (χ0n) is 15.8. The summed E-state index contributed by atoms with van der Waals surface area (Å²) in [5, 5.41) is 3.01. The topological polar surface area (TPSA) is 51.2 Å². The quantitative estimate of drug-likeness (QED) is 0.761. The van der Waals surface area contributed by atoms with Gasteiger partial charge in [0, 0.05) is 12.6 Å². The van der Waals surface area contributed by atoms with E-state index < -0.39 is 0 Å². The van der Waals surface area contributed by atoms with Crippen LogP contribution in [0.2, 0.25) is 0 Å². The Kier molecular flexibility index (Phi) is 6.80. The van der Waals surface area contributed by atoms with E-state index in [1.54, 1.807) is 31.2 Å². The van der Waals surface area contributed by atoms with Gasteiger partial charge in [-0.05, 0) is 43.0 Å². The second-order valence-electron chi connectivity index (χ2n) is 7.25. The highest BCUT2D eigenvalue weighted by molar-refractivity contribution is 5.95. The molecular formula is C22H27FN2O2. The minimum Gasteiger partial charge on any atom is -0.473 e. The summed E-state index contributed by atoms with van der Waals surface area (Å²) in [5.74, 6) is 0.792. The number of hydrogen-bond donors (Lipinski definition) is 1. The van der Waals surface area contributed by atoms with Gasteiger partial charge in [0.15, 0.2) is 0 Å². The lowest BCUT2D eigenvalue weighted by Crippen LogP contribution is -2.27. The third kappa shape index (κ3) is 5.78. The van der Waals surface area contributed by atoms with E-state index in [4.69, 9.17) is 4.74 Å². The van der Waals surface area contributed by atoms with E-state index >= 15 is 0 Å². The lowest BCUT2D eigenvalue weighted by atomic mass is 9.87. The predicted octanol–water partition coefficient (Wildman–Crippen LogP) is 4.81. The smallest absolute Gasteiger partial charge is 0.253 e. The highest BCUT2D eigenvalue weighted by Gasteiger charge is 2.15. The van der Waals surface area contributed by atoms with Crippen LogP contribution in [0.1, 0.15) is 60.1 Å². The van der Waals surface area contributed by atoms with Crippen LogP contribution in [-0.4, -0.2) is 17.4 Å². The molecule has 1 aromatic heterocycles. The first-order chi connectivity index (χ1) is 13.1. The third-order valence-electron chi connectivity index (χ3n) is 5.14. The maximum Gasteiger partial charge on any atom is 0.253 e. The normalized spacial score (nSPS) is 14.7. The molecule has 1 aliphatic carbocycles. The van der Waals surface area contributed by atoms with E-state index in [1.165, 1.54) is 44.2 Å². The SMILES string of the molecule is Cc1nc(OCc2cccc(F)c2)ccc1C(=O)NCCC1CCCCC1. The van der Waals surface area contributed by atoms with Crippen molar-refractivity contribution >= 4 is 5.91 Å². The fourth-order valence-electron chi connectivity index (χ4n) is 3.60. The highest BCUT2D eigenvalue weighted by atomic mass is 19.1. The number of benzene rings is 1. The summed E-state index contributed by atoms with van der Waals surface area (Å²) in [5.41, 5.74) is 1.93. The molecule has 27 heavy (non-hydrogen) atoms. The summed E-state index contributed by atoms with van der Waals surface area (Å²) in [4.78, 5) is 16.8. The molecular weight excluding hydrogens is 343 g/mol. The molecule has 0 bridgehead atoms. The molecule has 1 heterocycles. The van der Waals surface area contributed by atoms with Crippen molar-refractivity contribution in [1.82, 2.24) is 10.3 Å². The minimum atomic E-state index is -0.291. The molecule has 1 amide bonds. The molecule has 1 aliphatic rings. The van der Waals surface area contributed by atoms with E-state index in [2.05, 4.69) is 10.3 Å².